The van der Waals surface area contributed by atoms with Crippen LogP contribution < -0.4 is 5.43 Å². The zero-order valence-corrected chi connectivity index (χ0v) is 14.8. The largest absolute Gasteiger partial charge is 0.478 e. The van der Waals surface area contributed by atoms with Crippen LogP contribution >= 0.6 is 23.4 Å². The zero-order chi connectivity index (χ0) is 19.1. The molecule has 10 heteroatoms. The fraction of sp³-hybridized carbons (Fsp3) is 0.125. The molecule has 0 aliphatic carbocycles. The number of nitro benzene ring substituents is 1. The highest BCUT2D eigenvalue weighted by molar-refractivity contribution is 7.99. The summed E-state index contributed by atoms with van der Waals surface area (Å²) in [6.07, 6.45) is 1.38. The Morgan fingerprint density at radius 2 is 2.12 bits per heavy atom. The standard InChI is InChI=1S/C16H14ClN3O5S/c17-13-3-2-11(8-12(13)16(22)23)19-18-9-10-1-4-15(26-6-5-21)14(7-10)20(24)25/h1-4,7-9,19,21H,5-6H2,(H,22,23)/b18-9+. The Morgan fingerprint density at radius 1 is 1.35 bits per heavy atom. The highest BCUT2D eigenvalue weighted by Gasteiger charge is 2.14. The van der Waals surface area contributed by atoms with Crippen LogP contribution in [0, 0.1) is 10.1 Å². The van der Waals surface area contributed by atoms with E-state index < -0.39 is 10.9 Å². The second-order valence-corrected chi connectivity index (χ2v) is 6.47. The van der Waals surface area contributed by atoms with E-state index in [0.29, 0.717) is 21.9 Å². The molecule has 0 saturated carbocycles. The van der Waals surface area contributed by atoms with Crippen LogP contribution in [0.25, 0.3) is 0 Å². The number of nitrogens with zero attached hydrogens (tertiary/aromatic N) is 2. The number of hydrogen-bond acceptors (Lipinski definition) is 7. The van der Waals surface area contributed by atoms with E-state index >= 15 is 0 Å². The molecule has 0 aliphatic heterocycles. The van der Waals surface area contributed by atoms with Gasteiger partial charge in [0, 0.05) is 17.4 Å². The van der Waals surface area contributed by atoms with Gasteiger partial charge in [-0.3, -0.25) is 15.5 Å². The number of carboxylic acid groups (broad SMARTS) is 1. The van der Waals surface area contributed by atoms with Crippen molar-refractivity contribution in [3.63, 3.8) is 0 Å². The summed E-state index contributed by atoms with van der Waals surface area (Å²) >= 11 is 6.98. The van der Waals surface area contributed by atoms with E-state index in [1.54, 1.807) is 18.2 Å². The van der Waals surface area contributed by atoms with E-state index in [9.17, 15) is 14.9 Å². The maximum absolute atomic E-state index is 11.2. The summed E-state index contributed by atoms with van der Waals surface area (Å²) in [5.41, 5.74) is 3.41. The smallest absolute Gasteiger partial charge is 0.337 e. The lowest BCUT2D eigenvalue weighted by molar-refractivity contribution is -0.387. The first-order valence-corrected chi connectivity index (χ1v) is 8.62. The summed E-state index contributed by atoms with van der Waals surface area (Å²) < 4.78 is 0. The second-order valence-electron chi connectivity index (χ2n) is 4.93. The Balaban J connectivity index is 2.15. The molecule has 0 amide bonds. The van der Waals surface area contributed by atoms with Crippen molar-refractivity contribution in [2.24, 2.45) is 5.10 Å². The number of halogens is 1. The third-order valence-electron chi connectivity index (χ3n) is 3.13. The van der Waals surface area contributed by atoms with Crippen LogP contribution in [0.1, 0.15) is 15.9 Å². The first-order chi connectivity index (χ1) is 12.4. The number of anilines is 1. The maximum atomic E-state index is 11.2. The second kappa shape index (κ2) is 9.18. The lowest BCUT2D eigenvalue weighted by Crippen LogP contribution is -1.99. The van der Waals surface area contributed by atoms with Crippen molar-refractivity contribution >= 4 is 46.9 Å². The van der Waals surface area contributed by atoms with Crippen LogP contribution in [-0.2, 0) is 0 Å². The molecule has 0 unspecified atom stereocenters. The van der Waals surface area contributed by atoms with Gasteiger partial charge >= 0.3 is 5.97 Å². The van der Waals surface area contributed by atoms with Gasteiger partial charge in [0.15, 0.2) is 0 Å². The summed E-state index contributed by atoms with van der Waals surface area (Å²) in [5, 5.41) is 33.1. The number of aliphatic hydroxyl groups is 1. The fourth-order valence-electron chi connectivity index (χ4n) is 1.98. The van der Waals surface area contributed by atoms with Gasteiger partial charge in [0.2, 0.25) is 0 Å². The first-order valence-electron chi connectivity index (χ1n) is 7.26. The number of hydrogen-bond donors (Lipinski definition) is 3. The number of nitrogens with one attached hydrogen (secondary N) is 1. The minimum Gasteiger partial charge on any atom is -0.478 e. The maximum Gasteiger partial charge on any atom is 0.337 e. The van der Waals surface area contributed by atoms with Crippen LogP contribution in [0.15, 0.2) is 46.4 Å². The highest BCUT2D eigenvalue weighted by Crippen LogP contribution is 2.29. The lowest BCUT2D eigenvalue weighted by Gasteiger charge is -2.04. The summed E-state index contributed by atoms with van der Waals surface area (Å²) in [5.74, 6) is -0.799. The third kappa shape index (κ3) is 5.19. The molecule has 0 radical (unpaired) electrons. The number of benzene rings is 2. The summed E-state index contributed by atoms with van der Waals surface area (Å²) in [6, 6.07) is 8.94. The van der Waals surface area contributed by atoms with Gasteiger partial charge in [-0.15, -0.1) is 11.8 Å². The molecule has 0 spiro atoms. The van der Waals surface area contributed by atoms with E-state index in [-0.39, 0.29) is 22.9 Å². The quantitative estimate of drug-likeness (QED) is 0.270. The number of nitro groups is 1. The van der Waals surface area contributed by atoms with Crippen molar-refractivity contribution in [1.29, 1.82) is 0 Å². The first kappa shape index (κ1) is 19.7. The minimum atomic E-state index is -1.16. The Kier molecular flexibility index (Phi) is 6.96. The van der Waals surface area contributed by atoms with Crippen LogP contribution in [0.4, 0.5) is 11.4 Å². The van der Waals surface area contributed by atoms with Crippen LogP contribution in [-0.4, -0.2) is 39.7 Å². The molecule has 0 heterocycles. The van der Waals surface area contributed by atoms with Crippen LogP contribution in [0.3, 0.4) is 0 Å². The number of rotatable bonds is 8. The molecule has 2 aromatic carbocycles. The Morgan fingerprint density at radius 3 is 2.77 bits per heavy atom. The molecule has 8 nitrogen and oxygen atoms in total. The average molecular weight is 396 g/mol. The van der Waals surface area contributed by atoms with Gasteiger partial charge < -0.3 is 10.2 Å². The Bertz CT molecular complexity index is 860. The van der Waals surface area contributed by atoms with Crippen molar-refractivity contribution in [2.45, 2.75) is 4.90 Å². The van der Waals surface area contributed by atoms with E-state index in [4.69, 9.17) is 21.8 Å². The number of aromatic carboxylic acids is 1. The molecule has 0 fully saturated rings. The predicted octanol–water partition coefficient (Wildman–Crippen LogP) is 3.48. The molecule has 2 rings (SSSR count). The fourth-order valence-corrected chi connectivity index (χ4v) is 2.93. The van der Waals surface area contributed by atoms with Gasteiger partial charge in [0.05, 0.1) is 38.9 Å². The topological polar surface area (TPSA) is 125 Å². The van der Waals surface area contributed by atoms with Gasteiger partial charge in [-0.05, 0) is 24.3 Å². The molecular formula is C16H14ClN3O5S. The Labute approximate surface area is 157 Å². The van der Waals surface area contributed by atoms with E-state index in [1.807, 2.05) is 0 Å². The van der Waals surface area contributed by atoms with Crippen molar-refractivity contribution in [2.75, 3.05) is 17.8 Å². The van der Waals surface area contributed by atoms with E-state index in [0.717, 1.165) is 0 Å². The van der Waals surface area contributed by atoms with E-state index in [1.165, 1.54) is 36.2 Å². The third-order valence-corrected chi connectivity index (χ3v) is 4.51. The SMILES string of the molecule is O=C(O)c1cc(N/N=C/c2ccc(SCCO)c([N+](=O)[O-])c2)ccc1Cl. The summed E-state index contributed by atoms with van der Waals surface area (Å²) in [4.78, 5) is 22.2. The van der Waals surface area contributed by atoms with Gasteiger partial charge in [-0.2, -0.15) is 5.10 Å². The van der Waals surface area contributed by atoms with Crippen molar-refractivity contribution in [1.82, 2.24) is 0 Å². The normalized spacial score (nSPS) is 10.8. The number of hydrazone groups is 1. The van der Waals surface area contributed by atoms with Crippen molar-refractivity contribution in [3.8, 4) is 0 Å². The van der Waals surface area contributed by atoms with E-state index in [2.05, 4.69) is 10.5 Å². The monoisotopic (exact) mass is 395 g/mol. The van der Waals surface area contributed by atoms with Crippen molar-refractivity contribution < 1.29 is 19.9 Å². The van der Waals surface area contributed by atoms with Crippen LogP contribution in [0.2, 0.25) is 5.02 Å². The molecule has 0 aromatic heterocycles. The van der Waals surface area contributed by atoms with Gasteiger partial charge in [-0.1, -0.05) is 17.7 Å². The molecular weight excluding hydrogens is 382 g/mol. The number of carbonyl (C=O) groups is 1. The minimum absolute atomic E-state index is 0.0623. The molecule has 136 valence electrons. The lowest BCUT2D eigenvalue weighted by atomic mass is 10.2. The molecule has 0 bridgehead atoms. The van der Waals surface area contributed by atoms with Crippen LogP contribution in [0.5, 0.6) is 0 Å². The zero-order valence-electron chi connectivity index (χ0n) is 13.3. The number of carboxylic acids is 1. The molecule has 2 aromatic rings. The van der Waals surface area contributed by atoms with Gasteiger partial charge in [0.25, 0.3) is 5.69 Å². The highest BCUT2D eigenvalue weighted by atomic mass is 35.5. The molecule has 3 N–H and O–H groups in total. The van der Waals surface area contributed by atoms with Gasteiger partial charge in [-0.25, -0.2) is 4.79 Å². The number of thioether (sulfide) groups is 1. The summed E-state index contributed by atoms with van der Waals surface area (Å²) in [7, 11) is 0. The Hall–Kier alpha value is -2.62. The molecule has 0 atom stereocenters. The number of aliphatic hydroxyl groups excluding tert-OH is 1. The average Bonchev–Trinajstić information content (AvgIpc) is 2.61. The predicted molar refractivity (Wildman–Crippen MR) is 101 cm³/mol. The van der Waals surface area contributed by atoms with Crippen molar-refractivity contribution in [3.05, 3.63) is 62.7 Å². The summed E-state index contributed by atoms with van der Waals surface area (Å²) in [6.45, 7) is -0.0750. The van der Waals surface area contributed by atoms with Gasteiger partial charge in [0.1, 0.15) is 0 Å². The molecule has 26 heavy (non-hydrogen) atoms. The molecule has 0 saturated heterocycles. The molecule has 0 aliphatic rings.